The Kier molecular flexibility index (Phi) is 5.30. The lowest BCUT2D eigenvalue weighted by Gasteiger charge is -2.07. The molecule has 0 saturated carbocycles. The molecule has 0 aromatic heterocycles. The molecule has 130 valence electrons. The van der Waals surface area contributed by atoms with E-state index in [9.17, 15) is 0 Å². The molecule has 0 fully saturated rings. The Bertz CT molecular complexity index is 1210. The number of fused-ring (bicyclic) bond motifs is 2. The molecule has 0 atom stereocenters. The molecule has 0 bridgehead atoms. The minimum absolute atomic E-state index is 0.941. The fourth-order valence-electron chi connectivity index (χ4n) is 3.38. The first kappa shape index (κ1) is 18.3. The second kappa shape index (κ2) is 7.82. The summed E-state index contributed by atoms with van der Waals surface area (Å²) in [7, 11) is 0. The zero-order chi connectivity index (χ0) is 19.4. The summed E-state index contributed by atoms with van der Waals surface area (Å²) in [5, 5.41) is 4.90. The molecule has 0 heteroatoms. The van der Waals surface area contributed by atoms with E-state index in [0.717, 1.165) is 11.1 Å². The molecule has 0 saturated heterocycles. The van der Waals surface area contributed by atoms with Gasteiger partial charge in [0.1, 0.15) is 0 Å². The SMILES string of the molecule is C#Cc1c(C)cc(C)c2ccccc12.C#Cc1ccc2cc(C)ccc2c1. The third-order valence-corrected chi connectivity index (χ3v) is 4.76. The van der Waals surface area contributed by atoms with Gasteiger partial charge in [0, 0.05) is 11.1 Å². The number of hydrogen-bond acceptors (Lipinski definition) is 0. The van der Waals surface area contributed by atoms with Gasteiger partial charge in [-0.25, -0.2) is 0 Å². The van der Waals surface area contributed by atoms with Gasteiger partial charge in [-0.05, 0) is 65.6 Å². The fraction of sp³-hybridized carbons (Fsp3) is 0.111. The Labute approximate surface area is 161 Å². The van der Waals surface area contributed by atoms with Crippen molar-refractivity contribution in [3.05, 3.63) is 94.5 Å². The molecule has 0 amide bonds. The summed E-state index contributed by atoms with van der Waals surface area (Å²) in [6, 6.07) is 22.9. The molecule has 0 aliphatic rings. The summed E-state index contributed by atoms with van der Waals surface area (Å²) in [6.45, 7) is 6.28. The van der Waals surface area contributed by atoms with Crippen LogP contribution in [0.15, 0.2) is 66.7 Å². The van der Waals surface area contributed by atoms with Crippen molar-refractivity contribution < 1.29 is 0 Å². The Hall–Kier alpha value is -3.48. The predicted molar refractivity (Wildman–Crippen MR) is 118 cm³/mol. The quantitative estimate of drug-likeness (QED) is 0.316. The van der Waals surface area contributed by atoms with Gasteiger partial charge >= 0.3 is 0 Å². The average Bonchev–Trinajstić information content (AvgIpc) is 2.68. The van der Waals surface area contributed by atoms with Crippen LogP contribution in [0.2, 0.25) is 0 Å². The maximum absolute atomic E-state index is 5.52. The van der Waals surface area contributed by atoms with Gasteiger partial charge in [-0.2, -0.15) is 0 Å². The maximum Gasteiger partial charge on any atom is 0.0350 e. The summed E-state index contributed by atoms with van der Waals surface area (Å²) in [5.74, 6) is 5.40. The van der Waals surface area contributed by atoms with Crippen molar-refractivity contribution in [2.75, 3.05) is 0 Å². The Balaban J connectivity index is 0.000000156. The smallest absolute Gasteiger partial charge is 0.0350 e. The minimum Gasteiger partial charge on any atom is -0.115 e. The molecule has 0 aliphatic heterocycles. The van der Waals surface area contributed by atoms with Gasteiger partial charge in [-0.15, -0.1) is 12.8 Å². The van der Waals surface area contributed by atoms with E-state index >= 15 is 0 Å². The molecule has 27 heavy (non-hydrogen) atoms. The second-order valence-corrected chi connectivity index (χ2v) is 6.79. The molecule has 4 rings (SSSR count). The van der Waals surface area contributed by atoms with Crippen molar-refractivity contribution >= 4 is 21.5 Å². The number of hydrogen-bond donors (Lipinski definition) is 0. The number of terminal acetylenes is 2. The van der Waals surface area contributed by atoms with Crippen molar-refractivity contribution in [1.29, 1.82) is 0 Å². The van der Waals surface area contributed by atoms with Gasteiger partial charge in [0.05, 0.1) is 0 Å². The van der Waals surface area contributed by atoms with E-state index in [1.54, 1.807) is 0 Å². The lowest BCUT2D eigenvalue weighted by Crippen LogP contribution is -1.88. The number of rotatable bonds is 0. The van der Waals surface area contributed by atoms with Crippen LogP contribution in [-0.2, 0) is 0 Å². The highest BCUT2D eigenvalue weighted by atomic mass is 14.1. The maximum atomic E-state index is 5.52. The molecular formula is C27H22. The van der Waals surface area contributed by atoms with Gasteiger partial charge in [0.2, 0.25) is 0 Å². The lowest BCUT2D eigenvalue weighted by molar-refractivity contribution is 1.41. The number of benzene rings is 4. The highest BCUT2D eigenvalue weighted by Gasteiger charge is 2.04. The van der Waals surface area contributed by atoms with E-state index in [4.69, 9.17) is 12.8 Å². The summed E-state index contributed by atoms with van der Waals surface area (Å²) >= 11 is 0. The molecule has 0 nitrogen and oxygen atoms in total. The van der Waals surface area contributed by atoms with Crippen molar-refractivity contribution in [2.24, 2.45) is 0 Å². The van der Waals surface area contributed by atoms with E-state index in [2.05, 4.69) is 75.1 Å². The third kappa shape index (κ3) is 3.87. The third-order valence-electron chi connectivity index (χ3n) is 4.76. The summed E-state index contributed by atoms with van der Waals surface area (Å²) in [5.41, 5.74) is 5.71. The Morgan fingerprint density at radius 3 is 2.00 bits per heavy atom. The van der Waals surface area contributed by atoms with Crippen molar-refractivity contribution in [2.45, 2.75) is 20.8 Å². The van der Waals surface area contributed by atoms with Gasteiger partial charge in [-0.1, -0.05) is 72.0 Å². The van der Waals surface area contributed by atoms with Crippen molar-refractivity contribution in [3.63, 3.8) is 0 Å². The van der Waals surface area contributed by atoms with Gasteiger partial charge in [-0.3, -0.25) is 0 Å². The Morgan fingerprint density at radius 1 is 0.630 bits per heavy atom. The fourth-order valence-corrected chi connectivity index (χ4v) is 3.38. The molecule has 4 aromatic rings. The molecule has 0 radical (unpaired) electrons. The van der Waals surface area contributed by atoms with Crippen LogP contribution in [0, 0.1) is 45.5 Å². The predicted octanol–water partition coefficient (Wildman–Crippen LogP) is 6.57. The van der Waals surface area contributed by atoms with Crippen LogP contribution in [0.1, 0.15) is 27.8 Å². The van der Waals surface area contributed by atoms with Crippen molar-refractivity contribution in [3.8, 4) is 24.7 Å². The van der Waals surface area contributed by atoms with E-state index in [0.29, 0.717) is 0 Å². The van der Waals surface area contributed by atoms with E-state index < -0.39 is 0 Å². The second-order valence-electron chi connectivity index (χ2n) is 6.79. The van der Waals surface area contributed by atoms with E-state index in [-0.39, 0.29) is 0 Å². The normalized spacial score (nSPS) is 9.96. The highest BCUT2D eigenvalue weighted by Crippen LogP contribution is 2.24. The largest absolute Gasteiger partial charge is 0.115 e. The summed E-state index contributed by atoms with van der Waals surface area (Å²) in [4.78, 5) is 0. The van der Waals surface area contributed by atoms with Crippen LogP contribution < -0.4 is 0 Å². The van der Waals surface area contributed by atoms with Gasteiger partial charge in [0.15, 0.2) is 0 Å². The molecule has 0 N–H and O–H groups in total. The van der Waals surface area contributed by atoms with Gasteiger partial charge < -0.3 is 0 Å². The monoisotopic (exact) mass is 346 g/mol. The Morgan fingerprint density at radius 2 is 1.30 bits per heavy atom. The topological polar surface area (TPSA) is 0 Å². The van der Waals surface area contributed by atoms with Crippen molar-refractivity contribution in [1.82, 2.24) is 0 Å². The first-order chi connectivity index (χ1) is 13.0. The summed E-state index contributed by atoms with van der Waals surface area (Å²) < 4.78 is 0. The molecular weight excluding hydrogens is 324 g/mol. The molecule has 0 heterocycles. The van der Waals surface area contributed by atoms with Crippen LogP contribution in [0.4, 0.5) is 0 Å². The zero-order valence-corrected chi connectivity index (χ0v) is 16.0. The first-order valence-corrected chi connectivity index (χ1v) is 8.96. The van der Waals surface area contributed by atoms with E-state index in [1.165, 1.54) is 38.2 Å². The minimum atomic E-state index is 0.941. The lowest BCUT2D eigenvalue weighted by atomic mass is 9.96. The summed E-state index contributed by atoms with van der Waals surface area (Å²) in [6.07, 6.45) is 10.8. The van der Waals surface area contributed by atoms with Crippen LogP contribution in [0.25, 0.3) is 21.5 Å². The molecule has 0 spiro atoms. The average molecular weight is 346 g/mol. The van der Waals surface area contributed by atoms with Crippen LogP contribution in [0.5, 0.6) is 0 Å². The molecule has 0 aliphatic carbocycles. The first-order valence-electron chi connectivity index (χ1n) is 8.96. The zero-order valence-electron chi connectivity index (χ0n) is 16.0. The highest BCUT2D eigenvalue weighted by molar-refractivity contribution is 5.91. The number of aryl methyl sites for hydroxylation is 3. The molecule has 4 aromatic carbocycles. The van der Waals surface area contributed by atoms with E-state index in [1.807, 2.05) is 24.3 Å². The standard InChI is InChI=1S/C14H12.C13H10/c1-4-12-10(2)9-11(3)13-7-5-6-8-14(12)13;1-3-11-5-7-12-8-10(2)4-6-13(12)9-11/h1,5-9H,2-3H3;1,4-9H,2H3. The van der Waals surface area contributed by atoms with Gasteiger partial charge in [0.25, 0.3) is 0 Å². The van der Waals surface area contributed by atoms with Crippen LogP contribution >= 0.6 is 0 Å². The van der Waals surface area contributed by atoms with Crippen LogP contribution in [-0.4, -0.2) is 0 Å². The van der Waals surface area contributed by atoms with Crippen LogP contribution in [0.3, 0.4) is 0 Å². The molecule has 0 unspecified atom stereocenters.